The molecule has 0 amide bonds. The largest absolute Gasteiger partial charge is 0.306 e. The van der Waals surface area contributed by atoms with Crippen molar-refractivity contribution in [3.05, 3.63) is 37.5 Å². The number of nitrogens with zero attached hydrogens (tertiary/aromatic N) is 1. The normalized spacial score (nSPS) is 10.9. The maximum atomic E-state index is 4.51. The minimum absolute atomic E-state index is 0.871. The Hall–Kier alpha value is -0.710. The van der Waals surface area contributed by atoms with Gasteiger partial charge in [-0.2, -0.15) is 0 Å². The smallest absolute Gasteiger partial charge is 0.107 e. The van der Waals surface area contributed by atoms with Crippen LogP contribution in [0.2, 0.25) is 0 Å². The molecule has 1 N–H and O–H groups in total. The number of hydrogen-bond donors (Lipinski definition) is 1. The number of hydrogen-bond acceptors (Lipinski definition) is 4. The summed E-state index contributed by atoms with van der Waals surface area (Å²) >= 11 is 3.64. The molecule has 0 saturated heterocycles. The summed E-state index contributed by atoms with van der Waals surface area (Å²) in [5.41, 5.74) is 1.16. The minimum Gasteiger partial charge on any atom is -0.306 e. The van der Waals surface area contributed by atoms with Crippen LogP contribution in [0.4, 0.5) is 0 Å². The van der Waals surface area contributed by atoms with E-state index in [0.717, 1.165) is 18.8 Å². The monoisotopic (exact) mass is 252 g/mol. The van der Waals surface area contributed by atoms with E-state index in [1.54, 1.807) is 11.3 Å². The molecule has 0 fully saturated rings. The van der Waals surface area contributed by atoms with Gasteiger partial charge in [0.25, 0.3) is 0 Å². The van der Waals surface area contributed by atoms with Crippen molar-refractivity contribution in [2.24, 2.45) is 0 Å². The van der Waals surface area contributed by atoms with Crippen molar-refractivity contribution in [1.82, 2.24) is 10.3 Å². The van der Waals surface area contributed by atoms with Crippen molar-refractivity contribution in [3.63, 3.8) is 0 Å². The molecule has 2 heterocycles. The predicted octanol–water partition coefficient (Wildman–Crippen LogP) is 3.42. The van der Waals surface area contributed by atoms with Crippen LogP contribution in [0.25, 0.3) is 0 Å². The van der Waals surface area contributed by atoms with E-state index in [2.05, 4.69) is 43.2 Å². The number of aromatic nitrogens is 1. The summed E-state index contributed by atoms with van der Waals surface area (Å²) in [6.45, 7) is 8.14. The van der Waals surface area contributed by atoms with Gasteiger partial charge in [-0.1, -0.05) is 0 Å². The average Bonchev–Trinajstić information content (AvgIpc) is 2.75. The Balaban J connectivity index is 1.84. The zero-order valence-electron chi connectivity index (χ0n) is 9.83. The van der Waals surface area contributed by atoms with Crippen LogP contribution in [0.3, 0.4) is 0 Å². The zero-order valence-corrected chi connectivity index (χ0v) is 11.5. The molecule has 0 saturated carbocycles. The maximum Gasteiger partial charge on any atom is 0.107 e. The first-order valence-corrected chi connectivity index (χ1v) is 6.97. The summed E-state index contributed by atoms with van der Waals surface area (Å²) in [5.74, 6) is 0. The highest BCUT2D eigenvalue weighted by Crippen LogP contribution is 2.17. The third-order valence-electron chi connectivity index (χ3n) is 2.44. The molecule has 16 heavy (non-hydrogen) atoms. The van der Waals surface area contributed by atoms with Crippen molar-refractivity contribution in [2.75, 3.05) is 0 Å². The summed E-state index contributed by atoms with van der Waals surface area (Å²) in [6.07, 6.45) is 0. The Labute approximate surface area is 104 Å². The van der Waals surface area contributed by atoms with Gasteiger partial charge in [-0.05, 0) is 32.9 Å². The highest BCUT2D eigenvalue weighted by molar-refractivity contribution is 7.12. The molecular formula is C12H16N2S2. The highest BCUT2D eigenvalue weighted by Gasteiger charge is 2.03. The van der Waals surface area contributed by atoms with E-state index >= 15 is 0 Å². The van der Waals surface area contributed by atoms with Gasteiger partial charge in [0, 0.05) is 27.7 Å². The molecule has 0 radical (unpaired) electrons. The molecule has 0 aromatic carbocycles. The van der Waals surface area contributed by atoms with E-state index in [-0.39, 0.29) is 0 Å². The summed E-state index contributed by atoms with van der Waals surface area (Å²) in [5, 5.41) is 4.61. The zero-order chi connectivity index (χ0) is 11.5. The first-order chi connectivity index (χ1) is 7.65. The summed E-state index contributed by atoms with van der Waals surface area (Å²) in [6, 6.07) is 4.35. The van der Waals surface area contributed by atoms with Gasteiger partial charge in [0.15, 0.2) is 0 Å². The van der Waals surface area contributed by atoms with Gasteiger partial charge in [-0.15, -0.1) is 22.7 Å². The van der Waals surface area contributed by atoms with Crippen LogP contribution in [-0.2, 0) is 13.1 Å². The third-order valence-corrected chi connectivity index (χ3v) is 4.52. The van der Waals surface area contributed by atoms with Gasteiger partial charge >= 0.3 is 0 Å². The Kier molecular flexibility index (Phi) is 3.74. The second kappa shape index (κ2) is 5.08. The van der Waals surface area contributed by atoms with E-state index in [0.29, 0.717) is 0 Å². The third kappa shape index (κ3) is 2.90. The summed E-state index contributed by atoms with van der Waals surface area (Å²) in [4.78, 5) is 8.59. The predicted molar refractivity (Wildman–Crippen MR) is 71.2 cm³/mol. The van der Waals surface area contributed by atoms with Gasteiger partial charge in [-0.3, -0.25) is 0 Å². The topological polar surface area (TPSA) is 24.9 Å². The van der Waals surface area contributed by atoms with Crippen LogP contribution in [0.5, 0.6) is 0 Å². The van der Waals surface area contributed by atoms with E-state index in [4.69, 9.17) is 0 Å². The SMILES string of the molecule is Cc1ccc(CNCc2nc(C)c(C)s2)s1. The summed E-state index contributed by atoms with van der Waals surface area (Å²) in [7, 11) is 0. The number of aryl methyl sites for hydroxylation is 3. The first-order valence-electron chi connectivity index (χ1n) is 5.34. The van der Waals surface area contributed by atoms with E-state index in [9.17, 15) is 0 Å². The van der Waals surface area contributed by atoms with E-state index in [1.165, 1.54) is 19.6 Å². The summed E-state index contributed by atoms with van der Waals surface area (Å²) < 4.78 is 0. The Morgan fingerprint density at radius 1 is 1.12 bits per heavy atom. The average molecular weight is 252 g/mol. The second-order valence-corrected chi connectivity index (χ2v) is 6.53. The lowest BCUT2D eigenvalue weighted by Crippen LogP contribution is -2.11. The van der Waals surface area contributed by atoms with Gasteiger partial charge < -0.3 is 5.32 Å². The molecule has 0 aliphatic rings. The molecule has 86 valence electrons. The minimum atomic E-state index is 0.871. The fraction of sp³-hybridized carbons (Fsp3) is 0.417. The molecule has 2 aromatic heterocycles. The van der Waals surface area contributed by atoms with Crippen LogP contribution in [-0.4, -0.2) is 4.98 Å². The number of thiophene rings is 1. The molecule has 2 nitrogen and oxygen atoms in total. The van der Waals surface area contributed by atoms with Gasteiger partial charge in [0.2, 0.25) is 0 Å². The van der Waals surface area contributed by atoms with Crippen molar-refractivity contribution in [3.8, 4) is 0 Å². The fourth-order valence-corrected chi connectivity index (χ4v) is 3.25. The van der Waals surface area contributed by atoms with Crippen molar-refractivity contribution in [1.29, 1.82) is 0 Å². The lowest BCUT2D eigenvalue weighted by atomic mass is 10.4. The lowest BCUT2D eigenvalue weighted by Gasteiger charge is -1.99. The Morgan fingerprint density at radius 3 is 2.50 bits per heavy atom. The number of nitrogens with one attached hydrogen (secondary N) is 1. The van der Waals surface area contributed by atoms with Crippen molar-refractivity contribution >= 4 is 22.7 Å². The molecule has 4 heteroatoms. The highest BCUT2D eigenvalue weighted by atomic mass is 32.1. The molecule has 0 aliphatic carbocycles. The maximum absolute atomic E-state index is 4.51. The second-order valence-electron chi connectivity index (χ2n) is 3.87. The molecule has 0 unspecified atom stereocenters. The Morgan fingerprint density at radius 2 is 1.94 bits per heavy atom. The number of rotatable bonds is 4. The first kappa shape index (κ1) is 11.8. The molecule has 0 atom stereocenters. The lowest BCUT2D eigenvalue weighted by molar-refractivity contribution is 0.696. The van der Waals surface area contributed by atoms with Crippen molar-refractivity contribution < 1.29 is 0 Å². The molecule has 2 rings (SSSR count). The molecule has 0 aliphatic heterocycles. The van der Waals surface area contributed by atoms with Gasteiger partial charge in [-0.25, -0.2) is 4.98 Å². The standard InChI is InChI=1S/C12H16N2S2/c1-8-4-5-11(15-8)6-13-7-12-14-9(2)10(3)16-12/h4-5,13H,6-7H2,1-3H3. The number of thiazole rings is 1. The van der Waals surface area contributed by atoms with E-state index in [1.807, 2.05) is 11.3 Å². The fourth-order valence-electron chi connectivity index (χ4n) is 1.49. The van der Waals surface area contributed by atoms with Crippen LogP contribution in [0, 0.1) is 20.8 Å². The van der Waals surface area contributed by atoms with E-state index < -0.39 is 0 Å². The molecule has 0 bridgehead atoms. The van der Waals surface area contributed by atoms with Crippen molar-refractivity contribution in [2.45, 2.75) is 33.9 Å². The van der Waals surface area contributed by atoms with Gasteiger partial charge in [0.1, 0.15) is 5.01 Å². The molecular weight excluding hydrogens is 236 g/mol. The van der Waals surface area contributed by atoms with Crippen LogP contribution in [0.15, 0.2) is 12.1 Å². The molecule has 0 spiro atoms. The van der Waals surface area contributed by atoms with Gasteiger partial charge in [0.05, 0.1) is 5.69 Å². The molecule has 2 aromatic rings. The van der Waals surface area contributed by atoms with Crippen LogP contribution in [0.1, 0.15) is 25.3 Å². The van der Waals surface area contributed by atoms with Crippen LogP contribution >= 0.6 is 22.7 Å². The quantitative estimate of drug-likeness (QED) is 0.902. The van der Waals surface area contributed by atoms with Crippen LogP contribution < -0.4 is 5.32 Å². The Bertz CT molecular complexity index is 452.